The number of hydrogen-bond donors (Lipinski definition) is 0. The summed E-state index contributed by atoms with van der Waals surface area (Å²) in [5.74, 6) is 0.247. The molecule has 4 aromatic carbocycles. The molecule has 0 aliphatic carbocycles. The number of hydrogen-bond acceptors (Lipinski definition) is 3. The van der Waals surface area contributed by atoms with Crippen LogP contribution in [0.5, 0.6) is 5.75 Å². The predicted octanol–water partition coefficient (Wildman–Crippen LogP) is 4.73. The molecule has 0 spiro atoms. The van der Waals surface area contributed by atoms with Crippen molar-refractivity contribution in [2.45, 2.75) is 0 Å². The molecule has 0 aliphatic heterocycles. The quantitative estimate of drug-likeness (QED) is 0.254. The maximum atomic E-state index is 12.9. The van der Waals surface area contributed by atoms with E-state index in [0.717, 1.165) is 11.0 Å². The van der Waals surface area contributed by atoms with Crippen LogP contribution in [-0.4, -0.2) is 20.1 Å². The van der Waals surface area contributed by atoms with Gasteiger partial charge in [0.2, 0.25) is 0 Å². The molecule has 0 amide bonds. The highest BCUT2D eigenvalue weighted by Crippen LogP contribution is 2.36. The Kier molecular flexibility index (Phi) is 6.45. The standard InChI is InChI=1S/C27H24NO2P/c1-28(2)22-19-17-21(18-20-22)27(29)30-25-15-9-10-16-26(25)31(23-11-5-3-6-12-23)24-13-7-4-8-14-24/h3-20H,1-2H3. The van der Waals surface area contributed by atoms with Gasteiger partial charge in [0.1, 0.15) is 5.75 Å². The van der Waals surface area contributed by atoms with Crippen LogP contribution < -0.4 is 25.6 Å². The van der Waals surface area contributed by atoms with Crippen molar-refractivity contribution in [2.75, 3.05) is 19.0 Å². The first kappa shape index (κ1) is 20.8. The fourth-order valence-electron chi connectivity index (χ4n) is 3.36. The molecule has 0 bridgehead atoms. The molecule has 0 aromatic heterocycles. The van der Waals surface area contributed by atoms with Gasteiger partial charge in [0.25, 0.3) is 0 Å². The minimum absolute atomic E-state index is 0.353. The SMILES string of the molecule is CN(C)c1ccc(C(=O)Oc2ccccc2P(c2ccccc2)c2ccccc2)cc1. The molecule has 0 N–H and O–H groups in total. The normalized spacial score (nSPS) is 10.7. The van der Waals surface area contributed by atoms with Gasteiger partial charge in [0.05, 0.1) is 5.56 Å². The van der Waals surface area contributed by atoms with E-state index in [-0.39, 0.29) is 5.97 Å². The Morgan fingerprint density at radius 2 is 1.19 bits per heavy atom. The summed E-state index contributed by atoms with van der Waals surface area (Å²) < 4.78 is 5.92. The first-order valence-electron chi connectivity index (χ1n) is 10.1. The van der Waals surface area contributed by atoms with Crippen molar-refractivity contribution in [1.82, 2.24) is 0 Å². The number of rotatable bonds is 6. The van der Waals surface area contributed by atoms with Crippen LogP contribution in [0.25, 0.3) is 0 Å². The fraction of sp³-hybridized carbons (Fsp3) is 0.0741. The summed E-state index contributed by atoms with van der Waals surface area (Å²) in [7, 11) is 3.08. The number of anilines is 1. The fourth-order valence-corrected chi connectivity index (χ4v) is 5.73. The highest BCUT2D eigenvalue weighted by Gasteiger charge is 2.21. The van der Waals surface area contributed by atoms with E-state index in [0.29, 0.717) is 11.3 Å². The lowest BCUT2D eigenvalue weighted by Crippen LogP contribution is -2.23. The van der Waals surface area contributed by atoms with Gasteiger partial charge in [-0.1, -0.05) is 78.9 Å². The van der Waals surface area contributed by atoms with Gasteiger partial charge >= 0.3 is 5.97 Å². The van der Waals surface area contributed by atoms with Crippen molar-refractivity contribution < 1.29 is 9.53 Å². The summed E-state index contributed by atoms with van der Waals surface area (Å²) in [4.78, 5) is 14.9. The molecule has 0 heterocycles. The number of para-hydroxylation sites is 1. The molecule has 4 heteroatoms. The summed E-state index contributed by atoms with van der Waals surface area (Å²) >= 11 is 0. The van der Waals surface area contributed by atoms with Crippen LogP contribution in [0.15, 0.2) is 109 Å². The van der Waals surface area contributed by atoms with Crippen LogP contribution in [0.1, 0.15) is 10.4 Å². The third-order valence-corrected chi connectivity index (χ3v) is 7.44. The zero-order valence-electron chi connectivity index (χ0n) is 17.6. The lowest BCUT2D eigenvalue weighted by molar-refractivity contribution is 0.0736. The lowest BCUT2D eigenvalue weighted by Gasteiger charge is -2.21. The van der Waals surface area contributed by atoms with E-state index in [1.165, 1.54) is 10.6 Å². The Bertz CT molecular complexity index is 1100. The van der Waals surface area contributed by atoms with Crippen molar-refractivity contribution in [2.24, 2.45) is 0 Å². The molecule has 0 radical (unpaired) electrons. The third-order valence-electron chi connectivity index (χ3n) is 4.96. The topological polar surface area (TPSA) is 29.5 Å². The molecular formula is C27H24NO2P. The van der Waals surface area contributed by atoms with E-state index in [4.69, 9.17) is 4.74 Å². The summed E-state index contributed by atoms with van der Waals surface area (Å²) in [6.45, 7) is 0. The van der Waals surface area contributed by atoms with E-state index in [1.54, 1.807) is 12.1 Å². The molecule has 0 atom stereocenters. The Hall–Kier alpha value is -3.42. The Labute approximate surface area is 184 Å². The van der Waals surface area contributed by atoms with Gasteiger partial charge in [-0.2, -0.15) is 0 Å². The molecule has 3 nitrogen and oxygen atoms in total. The van der Waals surface area contributed by atoms with Crippen LogP contribution in [0, 0.1) is 0 Å². The van der Waals surface area contributed by atoms with Crippen LogP contribution >= 0.6 is 7.92 Å². The summed E-state index contributed by atoms with van der Waals surface area (Å²) in [5, 5.41) is 3.44. The minimum Gasteiger partial charge on any atom is -0.422 e. The second-order valence-corrected chi connectivity index (χ2v) is 9.49. The number of carbonyl (C=O) groups excluding carboxylic acids is 1. The molecule has 31 heavy (non-hydrogen) atoms. The highest BCUT2D eigenvalue weighted by atomic mass is 31.1. The molecule has 0 aliphatic rings. The van der Waals surface area contributed by atoms with Gasteiger partial charge in [0.15, 0.2) is 0 Å². The molecule has 0 fully saturated rings. The number of esters is 1. The first-order chi connectivity index (χ1) is 15.1. The van der Waals surface area contributed by atoms with Crippen molar-refractivity contribution in [3.05, 3.63) is 115 Å². The van der Waals surface area contributed by atoms with Crippen molar-refractivity contribution in [3.8, 4) is 5.75 Å². The Morgan fingerprint density at radius 3 is 1.74 bits per heavy atom. The van der Waals surface area contributed by atoms with Gasteiger partial charge < -0.3 is 9.64 Å². The molecule has 0 saturated carbocycles. The molecule has 0 unspecified atom stereocenters. The molecule has 154 valence electrons. The molecule has 4 rings (SSSR count). The van der Waals surface area contributed by atoms with Crippen LogP contribution in [0.2, 0.25) is 0 Å². The highest BCUT2D eigenvalue weighted by molar-refractivity contribution is 7.80. The number of nitrogens with zero attached hydrogens (tertiary/aromatic N) is 1. The Balaban J connectivity index is 1.70. The van der Waals surface area contributed by atoms with E-state index in [9.17, 15) is 4.79 Å². The summed E-state index contributed by atoms with van der Waals surface area (Å²) in [6, 6.07) is 36.1. The van der Waals surface area contributed by atoms with Gasteiger partial charge in [-0.05, 0) is 48.9 Å². The predicted molar refractivity (Wildman–Crippen MR) is 131 cm³/mol. The number of carbonyl (C=O) groups is 1. The maximum absolute atomic E-state index is 12.9. The third kappa shape index (κ3) is 4.84. The van der Waals surface area contributed by atoms with E-state index >= 15 is 0 Å². The Morgan fingerprint density at radius 1 is 0.677 bits per heavy atom. The van der Waals surface area contributed by atoms with Crippen LogP contribution in [0.3, 0.4) is 0 Å². The van der Waals surface area contributed by atoms with E-state index < -0.39 is 7.92 Å². The van der Waals surface area contributed by atoms with Crippen molar-refractivity contribution >= 4 is 35.5 Å². The molecule has 0 saturated heterocycles. The van der Waals surface area contributed by atoms with Crippen molar-refractivity contribution in [3.63, 3.8) is 0 Å². The largest absolute Gasteiger partial charge is 0.422 e. The first-order valence-corrected chi connectivity index (χ1v) is 11.5. The van der Waals surface area contributed by atoms with Gasteiger partial charge in [-0.15, -0.1) is 0 Å². The number of ether oxygens (including phenoxy) is 1. The van der Waals surface area contributed by atoms with Crippen LogP contribution in [0.4, 0.5) is 5.69 Å². The smallest absolute Gasteiger partial charge is 0.343 e. The lowest BCUT2D eigenvalue weighted by atomic mass is 10.2. The maximum Gasteiger partial charge on any atom is 0.343 e. The van der Waals surface area contributed by atoms with Crippen LogP contribution in [-0.2, 0) is 0 Å². The monoisotopic (exact) mass is 425 g/mol. The number of benzene rings is 4. The van der Waals surface area contributed by atoms with E-state index in [1.807, 2.05) is 61.5 Å². The second kappa shape index (κ2) is 9.59. The van der Waals surface area contributed by atoms with Gasteiger partial charge in [-0.25, -0.2) is 4.79 Å². The average molecular weight is 425 g/mol. The van der Waals surface area contributed by atoms with Gasteiger partial charge in [-0.3, -0.25) is 0 Å². The zero-order chi connectivity index (χ0) is 21.6. The van der Waals surface area contributed by atoms with Crippen molar-refractivity contribution in [1.29, 1.82) is 0 Å². The average Bonchev–Trinajstić information content (AvgIpc) is 2.82. The molecular weight excluding hydrogens is 401 g/mol. The minimum atomic E-state index is -0.864. The summed E-state index contributed by atoms with van der Waals surface area (Å²) in [5.41, 5.74) is 1.57. The van der Waals surface area contributed by atoms with Gasteiger partial charge in [0, 0.05) is 25.1 Å². The molecule has 4 aromatic rings. The van der Waals surface area contributed by atoms with E-state index in [2.05, 4.69) is 54.6 Å². The summed E-state index contributed by atoms with van der Waals surface area (Å²) in [6.07, 6.45) is 0. The second-order valence-electron chi connectivity index (χ2n) is 7.31. The zero-order valence-corrected chi connectivity index (χ0v) is 18.5.